The highest BCUT2D eigenvalue weighted by molar-refractivity contribution is 5.71. The van der Waals surface area contributed by atoms with Crippen LogP contribution in [0.25, 0.3) is 0 Å². The van der Waals surface area contributed by atoms with E-state index in [2.05, 4.69) is 0 Å². The van der Waals surface area contributed by atoms with Crippen LogP contribution in [0.2, 0.25) is 0 Å². The number of carbonyl (C=O) groups excluding carboxylic acids is 2. The molecule has 0 aliphatic carbocycles. The SMILES string of the molecule is CC(=O)OCC[C@@](C)(O)CC(=O)OC(C)(C)C. The Kier molecular flexibility index (Phi) is 5.61. The molecule has 0 fully saturated rings. The third-order valence-electron chi connectivity index (χ3n) is 1.89. The van der Waals surface area contributed by atoms with Gasteiger partial charge >= 0.3 is 11.9 Å². The van der Waals surface area contributed by atoms with Gasteiger partial charge in [0, 0.05) is 13.3 Å². The minimum atomic E-state index is -1.22. The van der Waals surface area contributed by atoms with E-state index in [1.165, 1.54) is 13.8 Å². The molecule has 0 rings (SSSR count). The Morgan fingerprint density at radius 3 is 2.12 bits per heavy atom. The summed E-state index contributed by atoms with van der Waals surface area (Å²) >= 11 is 0. The summed E-state index contributed by atoms with van der Waals surface area (Å²) in [6.45, 7) is 8.18. The van der Waals surface area contributed by atoms with Crippen molar-refractivity contribution in [2.75, 3.05) is 6.61 Å². The lowest BCUT2D eigenvalue weighted by atomic mass is 9.98. The Morgan fingerprint density at radius 2 is 1.71 bits per heavy atom. The highest BCUT2D eigenvalue weighted by atomic mass is 16.6. The quantitative estimate of drug-likeness (QED) is 0.743. The first-order valence-electron chi connectivity index (χ1n) is 5.59. The summed E-state index contributed by atoms with van der Waals surface area (Å²) in [7, 11) is 0. The van der Waals surface area contributed by atoms with Crippen LogP contribution in [0.15, 0.2) is 0 Å². The summed E-state index contributed by atoms with van der Waals surface area (Å²) in [5.74, 6) is -0.872. The molecule has 1 N–H and O–H groups in total. The van der Waals surface area contributed by atoms with Crippen LogP contribution in [0.3, 0.4) is 0 Å². The Bertz CT molecular complexity index is 275. The Labute approximate surface area is 102 Å². The molecule has 17 heavy (non-hydrogen) atoms. The van der Waals surface area contributed by atoms with Crippen molar-refractivity contribution in [1.29, 1.82) is 0 Å². The van der Waals surface area contributed by atoms with E-state index >= 15 is 0 Å². The normalized spacial score (nSPS) is 14.9. The highest BCUT2D eigenvalue weighted by Gasteiger charge is 2.27. The van der Waals surface area contributed by atoms with Gasteiger partial charge in [0.1, 0.15) is 5.60 Å². The van der Waals surface area contributed by atoms with Crippen LogP contribution in [0.5, 0.6) is 0 Å². The zero-order valence-electron chi connectivity index (χ0n) is 11.2. The van der Waals surface area contributed by atoms with Gasteiger partial charge in [-0.25, -0.2) is 0 Å². The predicted octanol–water partition coefficient (Wildman–Crippen LogP) is 1.42. The fourth-order valence-corrected chi connectivity index (χ4v) is 1.19. The molecule has 100 valence electrons. The number of hydrogen-bond acceptors (Lipinski definition) is 5. The first kappa shape index (κ1) is 15.9. The molecule has 0 amide bonds. The fourth-order valence-electron chi connectivity index (χ4n) is 1.19. The molecule has 5 nitrogen and oxygen atoms in total. The number of aliphatic hydroxyl groups is 1. The van der Waals surface area contributed by atoms with Gasteiger partial charge in [-0.15, -0.1) is 0 Å². The highest BCUT2D eigenvalue weighted by Crippen LogP contribution is 2.18. The van der Waals surface area contributed by atoms with Gasteiger partial charge in [-0.3, -0.25) is 9.59 Å². The molecule has 0 saturated carbocycles. The number of rotatable bonds is 5. The van der Waals surface area contributed by atoms with Crippen LogP contribution in [0.1, 0.15) is 47.5 Å². The molecule has 0 aromatic rings. The van der Waals surface area contributed by atoms with Crippen molar-refractivity contribution in [3.8, 4) is 0 Å². The van der Waals surface area contributed by atoms with E-state index < -0.39 is 23.1 Å². The van der Waals surface area contributed by atoms with Gasteiger partial charge in [0.25, 0.3) is 0 Å². The summed E-state index contributed by atoms with van der Waals surface area (Å²) in [6, 6.07) is 0. The van der Waals surface area contributed by atoms with Crippen LogP contribution >= 0.6 is 0 Å². The minimum Gasteiger partial charge on any atom is -0.466 e. The van der Waals surface area contributed by atoms with Crippen LogP contribution in [-0.2, 0) is 19.1 Å². The molecule has 0 bridgehead atoms. The molecular weight excluding hydrogens is 224 g/mol. The summed E-state index contributed by atoms with van der Waals surface area (Å²) in [4.78, 5) is 22.0. The van der Waals surface area contributed by atoms with Crippen molar-refractivity contribution in [2.24, 2.45) is 0 Å². The summed E-state index contributed by atoms with van der Waals surface area (Å²) in [6.07, 6.45) is 0.0807. The number of esters is 2. The Morgan fingerprint density at radius 1 is 1.18 bits per heavy atom. The molecule has 0 aromatic heterocycles. The molecule has 0 heterocycles. The van der Waals surface area contributed by atoms with Crippen molar-refractivity contribution in [1.82, 2.24) is 0 Å². The maximum Gasteiger partial charge on any atom is 0.309 e. The molecular formula is C12H22O5. The first-order valence-corrected chi connectivity index (χ1v) is 5.59. The average molecular weight is 246 g/mol. The molecule has 0 saturated heterocycles. The lowest BCUT2D eigenvalue weighted by molar-refractivity contribution is -0.160. The zero-order chi connectivity index (χ0) is 13.7. The van der Waals surface area contributed by atoms with Gasteiger partial charge < -0.3 is 14.6 Å². The first-order chi connectivity index (χ1) is 7.52. The minimum absolute atomic E-state index is 0.0884. The van der Waals surface area contributed by atoms with E-state index in [-0.39, 0.29) is 19.4 Å². The van der Waals surface area contributed by atoms with E-state index in [4.69, 9.17) is 9.47 Å². The second-order valence-electron chi connectivity index (χ2n) is 5.35. The second-order valence-corrected chi connectivity index (χ2v) is 5.35. The predicted molar refractivity (Wildman–Crippen MR) is 62.3 cm³/mol. The fraction of sp³-hybridized carbons (Fsp3) is 0.833. The molecule has 0 aliphatic rings. The summed E-state index contributed by atoms with van der Waals surface area (Å²) in [5, 5.41) is 9.90. The van der Waals surface area contributed by atoms with Crippen molar-refractivity contribution in [2.45, 2.75) is 58.7 Å². The monoisotopic (exact) mass is 246 g/mol. The van der Waals surface area contributed by atoms with Crippen LogP contribution in [0, 0.1) is 0 Å². The lowest BCUT2D eigenvalue weighted by Gasteiger charge is -2.25. The van der Waals surface area contributed by atoms with Gasteiger partial charge in [-0.2, -0.15) is 0 Å². The number of ether oxygens (including phenoxy) is 2. The summed E-state index contributed by atoms with van der Waals surface area (Å²) in [5.41, 5.74) is -1.79. The molecule has 5 heteroatoms. The molecule has 0 unspecified atom stereocenters. The Balaban J connectivity index is 4.07. The second kappa shape index (κ2) is 6.00. The van der Waals surface area contributed by atoms with E-state index in [1.54, 1.807) is 20.8 Å². The zero-order valence-corrected chi connectivity index (χ0v) is 11.2. The van der Waals surface area contributed by atoms with Gasteiger partial charge in [0.05, 0.1) is 18.6 Å². The standard InChI is InChI=1S/C12H22O5/c1-9(13)16-7-6-12(5,15)8-10(14)17-11(2,3)4/h15H,6-8H2,1-5H3/t12-/m1/s1. The third kappa shape index (κ3) is 9.81. The summed E-state index contributed by atoms with van der Waals surface area (Å²) < 4.78 is 9.80. The van der Waals surface area contributed by atoms with Crippen LogP contribution in [0.4, 0.5) is 0 Å². The maximum absolute atomic E-state index is 11.5. The van der Waals surface area contributed by atoms with Crippen molar-refractivity contribution in [3.63, 3.8) is 0 Å². The maximum atomic E-state index is 11.5. The Hall–Kier alpha value is -1.10. The van der Waals surface area contributed by atoms with Crippen molar-refractivity contribution in [3.05, 3.63) is 0 Å². The van der Waals surface area contributed by atoms with Gasteiger partial charge in [-0.05, 0) is 27.7 Å². The smallest absolute Gasteiger partial charge is 0.309 e. The molecule has 0 aliphatic heterocycles. The third-order valence-corrected chi connectivity index (χ3v) is 1.89. The van der Waals surface area contributed by atoms with Crippen molar-refractivity contribution < 1.29 is 24.2 Å². The topological polar surface area (TPSA) is 72.8 Å². The van der Waals surface area contributed by atoms with E-state index in [1.807, 2.05) is 0 Å². The largest absolute Gasteiger partial charge is 0.466 e. The molecule has 0 aromatic carbocycles. The van der Waals surface area contributed by atoms with Crippen LogP contribution in [-0.4, -0.2) is 34.9 Å². The van der Waals surface area contributed by atoms with E-state index in [0.29, 0.717) is 0 Å². The van der Waals surface area contributed by atoms with E-state index in [9.17, 15) is 14.7 Å². The van der Waals surface area contributed by atoms with Crippen LogP contribution < -0.4 is 0 Å². The number of carbonyl (C=O) groups is 2. The lowest BCUT2D eigenvalue weighted by Crippen LogP contribution is -2.33. The molecule has 1 atom stereocenters. The van der Waals surface area contributed by atoms with E-state index in [0.717, 1.165) is 0 Å². The van der Waals surface area contributed by atoms with Gasteiger partial charge in [0.15, 0.2) is 0 Å². The van der Waals surface area contributed by atoms with Crippen molar-refractivity contribution >= 4 is 11.9 Å². The molecule has 0 spiro atoms. The van der Waals surface area contributed by atoms with Gasteiger partial charge in [-0.1, -0.05) is 0 Å². The van der Waals surface area contributed by atoms with Gasteiger partial charge in [0.2, 0.25) is 0 Å². The number of hydrogen-bond donors (Lipinski definition) is 1. The molecule has 0 radical (unpaired) electrons. The average Bonchev–Trinajstić information content (AvgIpc) is 1.96.